The van der Waals surface area contributed by atoms with Gasteiger partial charge in [-0.2, -0.15) is 0 Å². The summed E-state index contributed by atoms with van der Waals surface area (Å²) in [6.45, 7) is 0.943. The molecule has 2 aromatic rings. The minimum atomic E-state index is 0.00557. The zero-order valence-electron chi connectivity index (χ0n) is 12.0. The first kappa shape index (κ1) is 15.7. The summed E-state index contributed by atoms with van der Waals surface area (Å²) in [4.78, 5) is 13.0. The molecule has 1 aromatic carbocycles. The smallest absolute Gasteiger partial charge is 0.261 e. The van der Waals surface area contributed by atoms with E-state index in [1.807, 2.05) is 41.8 Å². The van der Waals surface area contributed by atoms with E-state index in [2.05, 4.69) is 5.32 Å². The summed E-state index contributed by atoms with van der Waals surface area (Å²) in [5, 5.41) is 13.6. The van der Waals surface area contributed by atoms with Crippen LogP contribution < -0.4 is 5.32 Å². The minimum Gasteiger partial charge on any atom is -0.396 e. The summed E-state index contributed by atoms with van der Waals surface area (Å²) in [5.41, 5.74) is 2.07. The van der Waals surface area contributed by atoms with Crippen LogP contribution in [0.1, 0.15) is 35.4 Å². The standard InChI is InChI=1S/C17H21NO2S/c19-12-7-2-1-6-11-18-17(20)16-15(10-13-21-16)14-8-4-3-5-9-14/h3-5,8-10,13,19H,1-2,6-7,11-12H2,(H,18,20). The molecule has 0 aliphatic carbocycles. The van der Waals surface area contributed by atoms with Gasteiger partial charge in [-0.05, 0) is 29.9 Å². The number of hydrogen-bond donors (Lipinski definition) is 2. The fraction of sp³-hybridized carbons (Fsp3) is 0.353. The van der Waals surface area contributed by atoms with Gasteiger partial charge in [0.1, 0.15) is 0 Å². The molecule has 0 atom stereocenters. The van der Waals surface area contributed by atoms with Crippen LogP contribution in [0.5, 0.6) is 0 Å². The molecule has 2 rings (SSSR count). The number of rotatable bonds is 8. The highest BCUT2D eigenvalue weighted by atomic mass is 32.1. The zero-order valence-corrected chi connectivity index (χ0v) is 12.9. The van der Waals surface area contributed by atoms with Gasteiger partial charge in [0.25, 0.3) is 5.91 Å². The number of carbonyl (C=O) groups is 1. The molecule has 3 nitrogen and oxygen atoms in total. The van der Waals surface area contributed by atoms with Crippen LogP contribution in [0.25, 0.3) is 11.1 Å². The van der Waals surface area contributed by atoms with E-state index in [9.17, 15) is 4.79 Å². The molecule has 0 aliphatic rings. The summed E-state index contributed by atoms with van der Waals surface area (Å²) in [6.07, 6.45) is 3.85. The Morgan fingerprint density at radius 1 is 1.05 bits per heavy atom. The summed E-state index contributed by atoms with van der Waals surface area (Å²) in [7, 11) is 0. The Morgan fingerprint density at radius 2 is 1.81 bits per heavy atom. The van der Waals surface area contributed by atoms with Gasteiger partial charge < -0.3 is 10.4 Å². The van der Waals surface area contributed by atoms with E-state index in [1.54, 1.807) is 0 Å². The lowest BCUT2D eigenvalue weighted by Gasteiger charge is -2.06. The van der Waals surface area contributed by atoms with Crippen molar-refractivity contribution in [3.8, 4) is 11.1 Å². The molecule has 0 radical (unpaired) electrons. The van der Waals surface area contributed by atoms with Crippen molar-refractivity contribution in [2.75, 3.05) is 13.2 Å². The molecule has 1 heterocycles. The Labute approximate surface area is 129 Å². The molecular weight excluding hydrogens is 282 g/mol. The predicted octanol–water partition coefficient (Wildman–Crippen LogP) is 3.70. The van der Waals surface area contributed by atoms with Crippen molar-refractivity contribution in [1.29, 1.82) is 0 Å². The van der Waals surface area contributed by atoms with Crippen LogP contribution >= 0.6 is 11.3 Å². The SMILES string of the molecule is O=C(NCCCCCCO)c1sccc1-c1ccccc1. The summed E-state index contributed by atoms with van der Waals surface area (Å²) < 4.78 is 0. The van der Waals surface area contributed by atoms with Gasteiger partial charge in [-0.3, -0.25) is 4.79 Å². The zero-order chi connectivity index (χ0) is 14.9. The van der Waals surface area contributed by atoms with Crippen LogP contribution in [0.15, 0.2) is 41.8 Å². The van der Waals surface area contributed by atoms with Crippen LogP contribution in [0, 0.1) is 0 Å². The van der Waals surface area contributed by atoms with E-state index in [0.29, 0.717) is 6.54 Å². The molecule has 0 spiro atoms. The highest BCUT2D eigenvalue weighted by Gasteiger charge is 2.13. The quantitative estimate of drug-likeness (QED) is 0.731. The van der Waals surface area contributed by atoms with E-state index in [1.165, 1.54) is 11.3 Å². The number of thiophene rings is 1. The molecule has 112 valence electrons. The maximum atomic E-state index is 12.2. The Bertz CT molecular complexity index is 551. The fourth-order valence-corrected chi connectivity index (χ4v) is 3.03. The highest BCUT2D eigenvalue weighted by molar-refractivity contribution is 7.12. The van der Waals surface area contributed by atoms with Gasteiger partial charge in [-0.15, -0.1) is 11.3 Å². The fourth-order valence-electron chi connectivity index (χ4n) is 2.20. The van der Waals surface area contributed by atoms with Crippen LogP contribution in [0.3, 0.4) is 0 Å². The van der Waals surface area contributed by atoms with Gasteiger partial charge in [0.05, 0.1) is 4.88 Å². The molecule has 0 bridgehead atoms. The summed E-state index contributed by atoms with van der Waals surface area (Å²) >= 11 is 1.48. The lowest BCUT2D eigenvalue weighted by Crippen LogP contribution is -2.24. The topological polar surface area (TPSA) is 49.3 Å². The first-order chi connectivity index (χ1) is 10.3. The number of amides is 1. The first-order valence-electron chi connectivity index (χ1n) is 7.35. The van der Waals surface area contributed by atoms with Crippen molar-refractivity contribution >= 4 is 17.2 Å². The van der Waals surface area contributed by atoms with E-state index < -0.39 is 0 Å². The van der Waals surface area contributed by atoms with Gasteiger partial charge in [0.15, 0.2) is 0 Å². The molecule has 0 fully saturated rings. The monoisotopic (exact) mass is 303 g/mol. The molecular formula is C17H21NO2S. The second kappa shape index (κ2) is 8.60. The molecule has 0 saturated carbocycles. The van der Waals surface area contributed by atoms with Gasteiger partial charge in [0.2, 0.25) is 0 Å². The average molecular weight is 303 g/mol. The summed E-state index contributed by atoms with van der Waals surface area (Å²) in [6, 6.07) is 12.0. The van der Waals surface area contributed by atoms with Crippen molar-refractivity contribution in [3.05, 3.63) is 46.7 Å². The van der Waals surface area contributed by atoms with E-state index in [4.69, 9.17) is 5.11 Å². The third kappa shape index (κ3) is 4.69. The number of unbranched alkanes of at least 4 members (excludes halogenated alkanes) is 3. The molecule has 21 heavy (non-hydrogen) atoms. The molecule has 0 unspecified atom stereocenters. The minimum absolute atomic E-state index is 0.00557. The third-order valence-electron chi connectivity index (χ3n) is 3.33. The molecule has 0 saturated heterocycles. The summed E-state index contributed by atoms with van der Waals surface area (Å²) in [5.74, 6) is 0.00557. The van der Waals surface area contributed by atoms with Crippen molar-refractivity contribution in [3.63, 3.8) is 0 Å². The number of hydrogen-bond acceptors (Lipinski definition) is 3. The van der Waals surface area contributed by atoms with Gasteiger partial charge >= 0.3 is 0 Å². The average Bonchev–Trinajstić information content (AvgIpc) is 3.01. The third-order valence-corrected chi connectivity index (χ3v) is 4.24. The molecule has 1 aromatic heterocycles. The highest BCUT2D eigenvalue weighted by Crippen LogP contribution is 2.27. The molecule has 0 aliphatic heterocycles. The van der Waals surface area contributed by atoms with Crippen molar-refractivity contribution in [2.45, 2.75) is 25.7 Å². The maximum Gasteiger partial charge on any atom is 0.261 e. The Kier molecular flexibility index (Phi) is 6.44. The van der Waals surface area contributed by atoms with Crippen LogP contribution in [-0.2, 0) is 0 Å². The molecule has 2 N–H and O–H groups in total. The number of nitrogens with one attached hydrogen (secondary N) is 1. The largest absolute Gasteiger partial charge is 0.396 e. The van der Waals surface area contributed by atoms with Crippen molar-refractivity contribution in [1.82, 2.24) is 5.32 Å². The Morgan fingerprint density at radius 3 is 2.57 bits per heavy atom. The number of benzene rings is 1. The van der Waals surface area contributed by atoms with Crippen LogP contribution in [-0.4, -0.2) is 24.2 Å². The predicted molar refractivity (Wildman–Crippen MR) is 87.6 cm³/mol. The van der Waals surface area contributed by atoms with Crippen molar-refractivity contribution in [2.24, 2.45) is 0 Å². The van der Waals surface area contributed by atoms with Gasteiger partial charge in [-0.1, -0.05) is 43.2 Å². The van der Waals surface area contributed by atoms with Gasteiger partial charge in [0, 0.05) is 18.7 Å². The van der Waals surface area contributed by atoms with E-state index in [0.717, 1.165) is 41.7 Å². The number of aliphatic hydroxyl groups is 1. The second-order valence-corrected chi connectivity index (χ2v) is 5.84. The molecule has 4 heteroatoms. The van der Waals surface area contributed by atoms with E-state index >= 15 is 0 Å². The lowest BCUT2D eigenvalue weighted by atomic mass is 10.1. The van der Waals surface area contributed by atoms with Gasteiger partial charge in [-0.25, -0.2) is 0 Å². The number of carbonyl (C=O) groups excluding carboxylic acids is 1. The van der Waals surface area contributed by atoms with Crippen molar-refractivity contribution < 1.29 is 9.90 Å². The van der Waals surface area contributed by atoms with Crippen LogP contribution in [0.2, 0.25) is 0 Å². The normalized spacial score (nSPS) is 10.5. The second-order valence-electron chi connectivity index (χ2n) is 4.92. The Balaban J connectivity index is 1.88. The Hall–Kier alpha value is -1.65. The maximum absolute atomic E-state index is 12.2. The van der Waals surface area contributed by atoms with Crippen LogP contribution in [0.4, 0.5) is 0 Å². The molecule has 1 amide bonds. The number of aliphatic hydroxyl groups excluding tert-OH is 1. The lowest BCUT2D eigenvalue weighted by molar-refractivity contribution is 0.0957. The van der Waals surface area contributed by atoms with E-state index in [-0.39, 0.29) is 12.5 Å². The first-order valence-corrected chi connectivity index (χ1v) is 8.23.